The number of aliphatic hydroxyl groups is 1. The maximum absolute atomic E-state index is 13.5. The lowest BCUT2D eigenvalue weighted by molar-refractivity contribution is 0.292. The van der Waals surface area contributed by atoms with E-state index in [9.17, 15) is 4.39 Å². The Bertz CT molecular complexity index is 293. The van der Waals surface area contributed by atoms with Gasteiger partial charge < -0.3 is 10.4 Å². The summed E-state index contributed by atoms with van der Waals surface area (Å²) >= 11 is 0. The van der Waals surface area contributed by atoms with Crippen molar-refractivity contribution in [1.82, 2.24) is 9.97 Å². The van der Waals surface area contributed by atoms with E-state index in [-0.39, 0.29) is 12.4 Å². The van der Waals surface area contributed by atoms with E-state index in [1.54, 1.807) is 0 Å². The van der Waals surface area contributed by atoms with E-state index in [1.165, 1.54) is 6.33 Å². The lowest BCUT2D eigenvalue weighted by atomic mass is 10.3. The van der Waals surface area contributed by atoms with Gasteiger partial charge in [-0.1, -0.05) is 6.92 Å². The summed E-state index contributed by atoms with van der Waals surface area (Å²) in [5, 5.41) is 11.4. The number of aliphatic hydroxyl groups excluding tert-OH is 1. The molecule has 78 valence electrons. The Morgan fingerprint density at radius 2 is 2.29 bits per heavy atom. The van der Waals surface area contributed by atoms with Crippen molar-refractivity contribution in [2.75, 3.05) is 18.5 Å². The number of halogens is 1. The molecule has 1 rings (SSSR count). The molecule has 0 aromatic carbocycles. The van der Waals surface area contributed by atoms with Gasteiger partial charge in [0.2, 0.25) is 0 Å². The maximum Gasteiger partial charge on any atom is 0.186 e. The Morgan fingerprint density at radius 3 is 2.93 bits per heavy atom. The molecule has 14 heavy (non-hydrogen) atoms. The second-order valence-corrected chi connectivity index (χ2v) is 2.84. The normalized spacial score (nSPS) is 10.2. The van der Waals surface area contributed by atoms with Crippen LogP contribution in [0.25, 0.3) is 0 Å². The number of nitrogens with zero attached hydrogens (tertiary/aromatic N) is 2. The summed E-state index contributed by atoms with van der Waals surface area (Å²) in [5.74, 6) is -0.182. The van der Waals surface area contributed by atoms with E-state index < -0.39 is 5.82 Å². The topological polar surface area (TPSA) is 58.0 Å². The summed E-state index contributed by atoms with van der Waals surface area (Å²) in [6.45, 7) is 2.43. The molecule has 0 aliphatic rings. The van der Waals surface area contributed by atoms with Crippen LogP contribution in [0.5, 0.6) is 0 Å². The molecule has 0 saturated heterocycles. The standard InChI is InChI=1S/C9H14FN3O/c1-2-7-8(10)9(13-6-12-7)11-4-3-5-14/h6,14H,2-5H2,1H3,(H,11,12,13). The van der Waals surface area contributed by atoms with E-state index in [0.717, 1.165) is 0 Å². The van der Waals surface area contributed by atoms with E-state index in [1.807, 2.05) is 6.92 Å². The molecule has 1 heterocycles. The Morgan fingerprint density at radius 1 is 1.50 bits per heavy atom. The van der Waals surface area contributed by atoms with Gasteiger partial charge in [0.25, 0.3) is 0 Å². The van der Waals surface area contributed by atoms with Gasteiger partial charge in [0.1, 0.15) is 6.33 Å². The van der Waals surface area contributed by atoms with Crippen LogP contribution >= 0.6 is 0 Å². The van der Waals surface area contributed by atoms with Gasteiger partial charge in [-0.05, 0) is 12.8 Å². The molecule has 0 amide bonds. The first-order valence-corrected chi connectivity index (χ1v) is 4.63. The van der Waals surface area contributed by atoms with Crippen molar-refractivity contribution < 1.29 is 9.50 Å². The van der Waals surface area contributed by atoms with Gasteiger partial charge in [-0.3, -0.25) is 0 Å². The highest BCUT2D eigenvalue weighted by Gasteiger charge is 2.08. The Labute approximate surface area is 82.2 Å². The maximum atomic E-state index is 13.5. The highest BCUT2D eigenvalue weighted by molar-refractivity contribution is 5.36. The zero-order valence-corrected chi connectivity index (χ0v) is 8.13. The van der Waals surface area contributed by atoms with Crippen molar-refractivity contribution in [3.63, 3.8) is 0 Å². The highest BCUT2D eigenvalue weighted by atomic mass is 19.1. The quantitative estimate of drug-likeness (QED) is 0.694. The molecule has 0 spiro atoms. The third-order valence-corrected chi connectivity index (χ3v) is 1.82. The molecule has 4 nitrogen and oxygen atoms in total. The molecule has 0 unspecified atom stereocenters. The number of aryl methyl sites for hydroxylation is 1. The van der Waals surface area contributed by atoms with Crippen molar-refractivity contribution in [2.45, 2.75) is 19.8 Å². The molecule has 0 aliphatic heterocycles. The summed E-state index contributed by atoms with van der Waals surface area (Å²) < 4.78 is 13.5. The Balaban J connectivity index is 2.66. The van der Waals surface area contributed by atoms with Crippen LogP contribution < -0.4 is 5.32 Å². The molecule has 0 bridgehead atoms. The first-order chi connectivity index (χ1) is 6.79. The van der Waals surface area contributed by atoms with Crippen molar-refractivity contribution in [1.29, 1.82) is 0 Å². The average molecular weight is 199 g/mol. The third-order valence-electron chi connectivity index (χ3n) is 1.82. The number of nitrogens with one attached hydrogen (secondary N) is 1. The van der Waals surface area contributed by atoms with Crippen LogP contribution in [0.3, 0.4) is 0 Å². The molecule has 0 aliphatic carbocycles. The predicted octanol–water partition coefficient (Wildman–Crippen LogP) is 0.972. The second kappa shape index (κ2) is 5.49. The molecule has 0 fully saturated rings. The Kier molecular flexibility index (Phi) is 4.25. The SMILES string of the molecule is CCc1ncnc(NCCCO)c1F. The minimum atomic E-state index is -0.395. The lowest BCUT2D eigenvalue weighted by Gasteiger charge is -2.06. The first-order valence-electron chi connectivity index (χ1n) is 4.63. The lowest BCUT2D eigenvalue weighted by Crippen LogP contribution is -2.09. The van der Waals surface area contributed by atoms with Crippen LogP contribution in [0.1, 0.15) is 19.0 Å². The summed E-state index contributed by atoms with van der Waals surface area (Å²) in [6.07, 6.45) is 2.46. The van der Waals surface area contributed by atoms with E-state index in [4.69, 9.17) is 5.11 Å². The fourth-order valence-electron chi connectivity index (χ4n) is 1.06. The van der Waals surface area contributed by atoms with Crippen molar-refractivity contribution in [3.8, 4) is 0 Å². The number of anilines is 1. The minimum Gasteiger partial charge on any atom is -0.396 e. The zero-order valence-electron chi connectivity index (χ0n) is 8.13. The monoisotopic (exact) mass is 199 g/mol. The van der Waals surface area contributed by atoms with Crippen LogP contribution in [-0.4, -0.2) is 28.2 Å². The molecule has 1 aromatic heterocycles. The van der Waals surface area contributed by atoms with Gasteiger partial charge in [-0.15, -0.1) is 0 Å². The smallest absolute Gasteiger partial charge is 0.186 e. The van der Waals surface area contributed by atoms with Gasteiger partial charge in [-0.25, -0.2) is 14.4 Å². The minimum absolute atomic E-state index is 0.0837. The molecule has 2 N–H and O–H groups in total. The van der Waals surface area contributed by atoms with Crippen LogP contribution in [0, 0.1) is 5.82 Å². The molecule has 5 heteroatoms. The van der Waals surface area contributed by atoms with E-state index >= 15 is 0 Å². The summed E-state index contributed by atoms with van der Waals surface area (Å²) in [4.78, 5) is 7.59. The summed E-state index contributed by atoms with van der Waals surface area (Å²) in [7, 11) is 0. The van der Waals surface area contributed by atoms with Crippen molar-refractivity contribution in [3.05, 3.63) is 17.8 Å². The highest BCUT2D eigenvalue weighted by Crippen LogP contribution is 2.12. The number of rotatable bonds is 5. The van der Waals surface area contributed by atoms with Crippen LogP contribution in [0.2, 0.25) is 0 Å². The number of hydrogen-bond donors (Lipinski definition) is 2. The fraction of sp³-hybridized carbons (Fsp3) is 0.556. The molecular formula is C9H14FN3O. The Hall–Kier alpha value is -1.23. The number of aromatic nitrogens is 2. The molecule has 0 atom stereocenters. The molecule has 1 aromatic rings. The van der Waals surface area contributed by atoms with Gasteiger partial charge >= 0.3 is 0 Å². The van der Waals surface area contributed by atoms with Crippen LogP contribution in [0.4, 0.5) is 10.2 Å². The van der Waals surface area contributed by atoms with Crippen molar-refractivity contribution >= 4 is 5.82 Å². The summed E-state index contributed by atoms with van der Waals surface area (Å²) in [6, 6.07) is 0. The van der Waals surface area contributed by atoms with E-state index in [0.29, 0.717) is 25.1 Å². The van der Waals surface area contributed by atoms with Gasteiger partial charge in [0, 0.05) is 13.2 Å². The first kappa shape index (κ1) is 10.8. The summed E-state index contributed by atoms with van der Waals surface area (Å²) in [5.41, 5.74) is 0.409. The van der Waals surface area contributed by atoms with E-state index in [2.05, 4.69) is 15.3 Å². The molecule has 0 radical (unpaired) electrons. The van der Waals surface area contributed by atoms with Gasteiger partial charge in [0.05, 0.1) is 5.69 Å². The number of hydrogen-bond acceptors (Lipinski definition) is 4. The fourth-order valence-corrected chi connectivity index (χ4v) is 1.06. The predicted molar refractivity (Wildman–Crippen MR) is 51.6 cm³/mol. The van der Waals surface area contributed by atoms with Crippen molar-refractivity contribution in [2.24, 2.45) is 0 Å². The largest absolute Gasteiger partial charge is 0.396 e. The van der Waals surface area contributed by atoms with Crippen LogP contribution in [-0.2, 0) is 6.42 Å². The third kappa shape index (κ3) is 2.63. The molecular weight excluding hydrogens is 185 g/mol. The van der Waals surface area contributed by atoms with Crippen LogP contribution in [0.15, 0.2) is 6.33 Å². The zero-order chi connectivity index (χ0) is 10.4. The van der Waals surface area contributed by atoms with Gasteiger partial charge in [0.15, 0.2) is 11.6 Å². The van der Waals surface area contributed by atoms with Gasteiger partial charge in [-0.2, -0.15) is 0 Å². The second-order valence-electron chi connectivity index (χ2n) is 2.84. The molecule has 0 saturated carbocycles. The average Bonchev–Trinajstić information content (AvgIpc) is 2.21.